The van der Waals surface area contributed by atoms with Crippen LogP contribution in [0.2, 0.25) is 0 Å². The van der Waals surface area contributed by atoms with Gasteiger partial charge in [0, 0.05) is 28.2 Å². The van der Waals surface area contributed by atoms with E-state index in [1.807, 2.05) is 38.2 Å². The summed E-state index contributed by atoms with van der Waals surface area (Å²) in [6.07, 6.45) is 0. The Kier molecular flexibility index (Phi) is 3.38. The molecule has 0 aromatic heterocycles. The second-order valence-electron chi connectivity index (χ2n) is 3.93. The first kappa shape index (κ1) is 11.7. The average Bonchev–Trinajstić information content (AvgIpc) is 2.66. The smallest absolute Gasteiger partial charge is 0.195 e. The molecule has 0 N–H and O–H groups in total. The summed E-state index contributed by atoms with van der Waals surface area (Å²) in [4.78, 5) is 4.24. The Bertz CT molecular complexity index is 298. The zero-order valence-corrected chi connectivity index (χ0v) is 11.5. The summed E-state index contributed by atoms with van der Waals surface area (Å²) in [6.45, 7) is 1.70. The van der Waals surface area contributed by atoms with Gasteiger partial charge in [-0.2, -0.15) is 0 Å². The summed E-state index contributed by atoms with van der Waals surface area (Å²) in [5, 5.41) is 14.7. The summed E-state index contributed by atoms with van der Waals surface area (Å²) in [7, 11) is 11.3. The number of amidine groups is 2. The zero-order chi connectivity index (χ0) is 11.7. The molecule has 0 radical (unpaired) electrons. The van der Waals surface area contributed by atoms with Crippen LogP contribution in [-0.4, -0.2) is 71.7 Å². The lowest BCUT2D eigenvalue weighted by atomic mass is 10.9. The van der Waals surface area contributed by atoms with E-state index in [1.54, 1.807) is 21.6 Å². The van der Waals surface area contributed by atoms with Crippen molar-refractivity contribution in [2.24, 2.45) is 10.2 Å². The van der Waals surface area contributed by atoms with E-state index >= 15 is 0 Å². The Morgan fingerprint density at radius 3 is 1.44 bits per heavy atom. The van der Waals surface area contributed by atoms with E-state index in [9.17, 15) is 0 Å². The largest absolute Gasteiger partial charge is 0.333 e. The van der Waals surface area contributed by atoms with Crippen molar-refractivity contribution in [3.05, 3.63) is 0 Å². The van der Waals surface area contributed by atoms with Crippen molar-refractivity contribution in [2.75, 3.05) is 41.5 Å². The maximum Gasteiger partial charge on any atom is 0.195 e. The van der Waals surface area contributed by atoms with Gasteiger partial charge in [0.15, 0.2) is 10.3 Å². The molecule has 0 amide bonds. The van der Waals surface area contributed by atoms with Gasteiger partial charge in [-0.3, -0.25) is 10.0 Å². The van der Waals surface area contributed by atoms with Gasteiger partial charge >= 0.3 is 0 Å². The fourth-order valence-electron chi connectivity index (χ4n) is 1.48. The minimum absolute atomic E-state index is 0.852. The van der Waals surface area contributed by atoms with E-state index in [4.69, 9.17) is 0 Å². The van der Waals surface area contributed by atoms with Crippen LogP contribution in [0.5, 0.6) is 0 Å². The molecule has 16 heavy (non-hydrogen) atoms. The van der Waals surface area contributed by atoms with Crippen molar-refractivity contribution in [1.29, 1.82) is 0 Å². The van der Waals surface area contributed by atoms with Gasteiger partial charge in [-0.15, -0.1) is 10.2 Å². The van der Waals surface area contributed by atoms with Crippen LogP contribution in [-0.2, 0) is 0 Å². The lowest BCUT2D eigenvalue weighted by Gasteiger charge is -2.14. The lowest BCUT2D eigenvalue weighted by molar-refractivity contribution is 0.303. The van der Waals surface area contributed by atoms with E-state index < -0.39 is 0 Å². The van der Waals surface area contributed by atoms with Crippen molar-refractivity contribution in [1.82, 2.24) is 19.8 Å². The third-order valence-corrected chi connectivity index (χ3v) is 4.50. The molecule has 0 aromatic carbocycles. The topological polar surface area (TPSA) is 37.7 Å². The van der Waals surface area contributed by atoms with E-state index in [0.29, 0.717) is 0 Å². The zero-order valence-electron chi connectivity index (χ0n) is 9.91. The van der Waals surface area contributed by atoms with Crippen LogP contribution in [0.1, 0.15) is 0 Å². The summed E-state index contributed by atoms with van der Waals surface area (Å²) in [5.74, 6) is 0. The molecule has 0 fully saturated rings. The van der Waals surface area contributed by atoms with Crippen LogP contribution >= 0.6 is 21.6 Å². The second kappa shape index (κ2) is 4.62. The average molecular weight is 260 g/mol. The monoisotopic (exact) mass is 260 g/mol. The Hall–Kier alpha value is -0.760. The minimum atomic E-state index is 0.852. The first-order valence-corrected chi connectivity index (χ1v) is 7.07. The third-order valence-electron chi connectivity index (χ3n) is 2.19. The number of rotatable bonds is 0. The standard InChI is InChI=1S/C8H16N6S2/c1-11-5-13(3)9-7(11)15-16-8-10-14(4)6-12(8)2/h5-6H2,1-4H3. The van der Waals surface area contributed by atoms with Gasteiger partial charge in [-0.25, -0.2) is 0 Å². The molecule has 0 saturated heterocycles. The first-order valence-electron chi connectivity index (χ1n) is 4.92. The number of hydrogen-bond donors (Lipinski definition) is 0. The quantitative estimate of drug-likeness (QED) is 0.593. The van der Waals surface area contributed by atoms with Gasteiger partial charge in [-0.1, -0.05) is 0 Å². The SMILES string of the molecule is CN1CN(C)C(SSC2=NN(C)CN2C)=N1. The molecule has 0 unspecified atom stereocenters. The normalized spacial score (nSPS) is 20.8. The van der Waals surface area contributed by atoms with Gasteiger partial charge < -0.3 is 9.80 Å². The van der Waals surface area contributed by atoms with Crippen LogP contribution in [0.3, 0.4) is 0 Å². The molecule has 8 heteroatoms. The van der Waals surface area contributed by atoms with Gasteiger partial charge in [0.1, 0.15) is 13.3 Å². The molecule has 2 rings (SSSR count). The predicted molar refractivity (Wildman–Crippen MR) is 70.8 cm³/mol. The van der Waals surface area contributed by atoms with Gasteiger partial charge in [-0.05, 0) is 21.6 Å². The van der Waals surface area contributed by atoms with E-state index in [2.05, 4.69) is 20.0 Å². The Morgan fingerprint density at radius 1 is 0.812 bits per heavy atom. The Balaban J connectivity index is 1.88. The van der Waals surface area contributed by atoms with Crippen LogP contribution in [0.25, 0.3) is 0 Å². The molecular weight excluding hydrogens is 244 g/mol. The molecule has 0 spiro atoms. The molecular formula is C8H16N6S2. The molecule has 2 aliphatic heterocycles. The van der Waals surface area contributed by atoms with Gasteiger partial charge in [0.05, 0.1) is 0 Å². The summed E-state index contributed by atoms with van der Waals surface area (Å²) in [6, 6.07) is 0. The first-order chi connectivity index (χ1) is 7.56. The van der Waals surface area contributed by atoms with Crippen molar-refractivity contribution < 1.29 is 0 Å². The summed E-state index contributed by atoms with van der Waals surface area (Å²) < 4.78 is 0. The summed E-state index contributed by atoms with van der Waals surface area (Å²) in [5.41, 5.74) is 0. The number of hydrogen-bond acceptors (Lipinski definition) is 8. The van der Waals surface area contributed by atoms with Crippen LogP contribution < -0.4 is 0 Å². The molecule has 0 aromatic rings. The van der Waals surface area contributed by atoms with Crippen LogP contribution in [0.15, 0.2) is 10.2 Å². The van der Waals surface area contributed by atoms with Crippen LogP contribution in [0.4, 0.5) is 0 Å². The fraction of sp³-hybridized carbons (Fsp3) is 0.750. The maximum atomic E-state index is 4.41. The number of hydrazone groups is 2. The maximum absolute atomic E-state index is 4.41. The molecule has 0 bridgehead atoms. The third kappa shape index (κ3) is 2.49. The predicted octanol–water partition coefficient (Wildman–Crippen LogP) is 0.579. The lowest BCUT2D eigenvalue weighted by Crippen LogP contribution is -2.24. The Labute approximate surface area is 104 Å². The van der Waals surface area contributed by atoms with Crippen molar-refractivity contribution in [2.45, 2.75) is 0 Å². The molecule has 0 atom stereocenters. The van der Waals surface area contributed by atoms with E-state index in [-0.39, 0.29) is 0 Å². The van der Waals surface area contributed by atoms with E-state index in [0.717, 1.165) is 23.7 Å². The number of nitrogens with zero attached hydrogens (tertiary/aromatic N) is 6. The highest BCUT2D eigenvalue weighted by Crippen LogP contribution is 2.30. The van der Waals surface area contributed by atoms with E-state index in [1.165, 1.54) is 0 Å². The highest BCUT2D eigenvalue weighted by Gasteiger charge is 2.22. The fourth-order valence-corrected chi connectivity index (χ4v) is 3.75. The van der Waals surface area contributed by atoms with Crippen molar-refractivity contribution >= 4 is 31.9 Å². The second-order valence-corrected chi connectivity index (χ2v) is 5.99. The molecule has 0 aliphatic carbocycles. The molecule has 2 aliphatic rings. The van der Waals surface area contributed by atoms with Gasteiger partial charge in [0.2, 0.25) is 0 Å². The Morgan fingerprint density at radius 2 is 1.19 bits per heavy atom. The van der Waals surface area contributed by atoms with Gasteiger partial charge in [0.25, 0.3) is 0 Å². The van der Waals surface area contributed by atoms with Crippen molar-refractivity contribution in [3.8, 4) is 0 Å². The molecule has 2 heterocycles. The highest BCUT2D eigenvalue weighted by molar-refractivity contribution is 8.87. The summed E-state index contributed by atoms with van der Waals surface area (Å²) >= 11 is 0. The van der Waals surface area contributed by atoms with Crippen molar-refractivity contribution in [3.63, 3.8) is 0 Å². The molecule has 90 valence electrons. The molecule has 0 saturated carbocycles. The minimum Gasteiger partial charge on any atom is -0.333 e. The molecule has 6 nitrogen and oxygen atoms in total. The highest BCUT2D eigenvalue weighted by atomic mass is 33.1. The van der Waals surface area contributed by atoms with Crippen LogP contribution in [0, 0.1) is 0 Å².